The quantitative estimate of drug-likeness (QED) is 0.343. The van der Waals surface area contributed by atoms with Gasteiger partial charge in [0.25, 0.3) is 0 Å². The van der Waals surface area contributed by atoms with Gasteiger partial charge in [-0.05, 0) is 62.1 Å². The Morgan fingerprint density at radius 1 is 1.08 bits per heavy atom. The van der Waals surface area contributed by atoms with Gasteiger partial charge < -0.3 is 15.2 Å². The van der Waals surface area contributed by atoms with E-state index in [2.05, 4.69) is 15.2 Å². The second-order valence-corrected chi connectivity index (χ2v) is 10.3. The molecule has 1 aromatic heterocycles. The lowest BCUT2D eigenvalue weighted by Gasteiger charge is -2.41. The number of nitrogens with one attached hydrogen (secondary N) is 2. The van der Waals surface area contributed by atoms with Crippen molar-refractivity contribution in [2.24, 2.45) is 0 Å². The Labute approximate surface area is 215 Å². The molecule has 0 amide bonds. The number of rotatable bonds is 7. The number of likely N-dealkylation sites (tertiary alicyclic amines) is 1. The van der Waals surface area contributed by atoms with Crippen LogP contribution >= 0.6 is 0 Å². The third-order valence-electron chi connectivity index (χ3n) is 7.54. The van der Waals surface area contributed by atoms with E-state index in [0.29, 0.717) is 42.4 Å². The summed E-state index contributed by atoms with van der Waals surface area (Å²) in [5.41, 5.74) is 0.905. The maximum absolute atomic E-state index is 15.6. The summed E-state index contributed by atoms with van der Waals surface area (Å²) < 4.78 is 98.5. The number of hydrogen-bond acceptors (Lipinski definition) is 3. The fraction of sp³-hybridized carbons (Fsp3) is 0.481. The van der Waals surface area contributed by atoms with E-state index >= 15 is 8.78 Å². The third kappa shape index (κ3) is 5.36. The van der Waals surface area contributed by atoms with Gasteiger partial charge in [-0.3, -0.25) is 9.29 Å². The van der Waals surface area contributed by atoms with Gasteiger partial charge in [0.1, 0.15) is 17.5 Å². The summed E-state index contributed by atoms with van der Waals surface area (Å²) in [7, 11) is 0. The minimum absolute atomic E-state index is 0.0918. The van der Waals surface area contributed by atoms with Gasteiger partial charge in [0.05, 0.1) is 19.3 Å². The second-order valence-electron chi connectivity index (χ2n) is 10.3. The van der Waals surface area contributed by atoms with Crippen molar-refractivity contribution in [2.75, 3.05) is 38.2 Å². The number of benzene rings is 2. The highest BCUT2D eigenvalue weighted by Crippen LogP contribution is 2.44. The largest absolute Gasteiger partial charge is 0.401 e. The van der Waals surface area contributed by atoms with E-state index in [0.717, 1.165) is 23.6 Å². The first-order valence-corrected chi connectivity index (χ1v) is 12.7. The highest BCUT2D eigenvalue weighted by Gasteiger charge is 2.44. The Morgan fingerprint density at radius 3 is 2.50 bits per heavy atom. The molecule has 3 aromatic rings. The van der Waals surface area contributed by atoms with Gasteiger partial charge >= 0.3 is 6.18 Å². The maximum atomic E-state index is 15.6. The first-order chi connectivity index (χ1) is 18.0. The molecular formula is C27H29F7N4. The van der Waals surface area contributed by atoms with E-state index < -0.39 is 54.5 Å². The average Bonchev–Trinajstić information content (AvgIpc) is 3.41. The van der Waals surface area contributed by atoms with E-state index in [1.807, 2.05) is 0 Å². The number of anilines is 1. The first kappa shape index (κ1) is 26.8. The molecule has 0 spiro atoms. The van der Waals surface area contributed by atoms with Gasteiger partial charge in [0, 0.05) is 59.6 Å². The van der Waals surface area contributed by atoms with Crippen LogP contribution in [0.25, 0.3) is 10.9 Å². The molecule has 0 bridgehead atoms. The van der Waals surface area contributed by atoms with Gasteiger partial charge in [-0.2, -0.15) is 13.2 Å². The summed E-state index contributed by atoms with van der Waals surface area (Å²) in [4.78, 5) is 6.07. The molecule has 3 atom stereocenters. The van der Waals surface area contributed by atoms with Crippen LogP contribution in [-0.2, 0) is 6.42 Å². The Kier molecular flexibility index (Phi) is 7.34. The fourth-order valence-corrected chi connectivity index (χ4v) is 5.90. The van der Waals surface area contributed by atoms with Crippen molar-refractivity contribution < 1.29 is 30.7 Å². The normalized spacial score (nSPS) is 22.8. The highest BCUT2D eigenvalue weighted by atomic mass is 19.4. The minimum Gasteiger partial charge on any atom is -0.381 e. The monoisotopic (exact) mass is 542 g/mol. The number of aromatic amines is 1. The van der Waals surface area contributed by atoms with Crippen molar-refractivity contribution in [1.82, 2.24) is 14.8 Å². The SMILES string of the molecule is CC1Cc2c([nH]c3cc(F)ccc23)C(c2c(F)cc(NC3CCN(CCCF)C3)cc2F)N1CC(F)(F)F. The zero-order valence-corrected chi connectivity index (χ0v) is 20.8. The Morgan fingerprint density at radius 2 is 1.82 bits per heavy atom. The predicted octanol–water partition coefficient (Wildman–Crippen LogP) is 6.33. The smallest absolute Gasteiger partial charge is 0.381 e. The molecular weight excluding hydrogens is 513 g/mol. The van der Waals surface area contributed by atoms with E-state index in [4.69, 9.17) is 0 Å². The molecule has 1 saturated heterocycles. The van der Waals surface area contributed by atoms with E-state index in [1.54, 1.807) is 6.92 Å². The third-order valence-corrected chi connectivity index (χ3v) is 7.54. The number of halogens is 7. The number of fused-ring (bicyclic) bond motifs is 3. The van der Waals surface area contributed by atoms with Gasteiger partial charge in [0.2, 0.25) is 0 Å². The van der Waals surface area contributed by atoms with Gasteiger partial charge in [0.15, 0.2) is 0 Å². The molecule has 38 heavy (non-hydrogen) atoms. The molecule has 2 N–H and O–H groups in total. The molecule has 0 aliphatic carbocycles. The Balaban J connectivity index is 1.52. The van der Waals surface area contributed by atoms with Gasteiger partial charge in [-0.15, -0.1) is 0 Å². The van der Waals surface area contributed by atoms with Crippen LogP contribution in [0.1, 0.15) is 42.6 Å². The number of H-pyrrole nitrogens is 1. The average molecular weight is 543 g/mol. The summed E-state index contributed by atoms with van der Waals surface area (Å²) >= 11 is 0. The van der Waals surface area contributed by atoms with Crippen LogP contribution in [0.3, 0.4) is 0 Å². The molecule has 5 rings (SSSR count). The molecule has 0 radical (unpaired) electrons. The Hall–Kier alpha value is -2.79. The standard InChI is InChI=1S/C27H29F7N4/c1-15-9-20-19-4-3-16(29)10-23(19)36-25(20)26(38(15)14-27(32,33)34)24-21(30)11-18(12-22(24)31)35-17-5-8-37(13-17)7-2-6-28/h3-4,10-12,15,17,26,35-36H,2,5-9,13-14H2,1H3. The van der Waals surface area contributed by atoms with Gasteiger partial charge in [-0.25, -0.2) is 13.2 Å². The van der Waals surface area contributed by atoms with Crippen molar-refractivity contribution >= 4 is 16.6 Å². The lowest BCUT2D eigenvalue weighted by Crippen LogP contribution is -2.47. The predicted molar refractivity (Wildman–Crippen MR) is 131 cm³/mol. The molecule has 1 fully saturated rings. The summed E-state index contributed by atoms with van der Waals surface area (Å²) in [6.45, 7) is 1.74. The minimum atomic E-state index is -4.60. The molecule has 3 heterocycles. The topological polar surface area (TPSA) is 34.3 Å². The molecule has 0 saturated carbocycles. The lowest BCUT2D eigenvalue weighted by atomic mass is 9.88. The van der Waals surface area contributed by atoms with Crippen LogP contribution in [0.4, 0.5) is 36.4 Å². The van der Waals surface area contributed by atoms with Crippen molar-refractivity contribution in [3.05, 3.63) is 64.6 Å². The summed E-state index contributed by atoms with van der Waals surface area (Å²) in [5, 5.41) is 3.72. The van der Waals surface area contributed by atoms with Crippen molar-refractivity contribution in [2.45, 2.75) is 50.5 Å². The number of nitrogens with zero attached hydrogens (tertiary/aromatic N) is 2. The number of alkyl halides is 4. The Bertz CT molecular complexity index is 1280. The van der Waals surface area contributed by atoms with Gasteiger partial charge in [-0.1, -0.05) is 0 Å². The van der Waals surface area contributed by atoms with Crippen molar-refractivity contribution in [1.29, 1.82) is 0 Å². The molecule has 2 aliphatic rings. The van der Waals surface area contributed by atoms with Crippen molar-refractivity contribution in [3.63, 3.8) is 0 Å². The van der Waals surface area contributed by atoms with Crippen molar-refractivity contribution in [3.8, 4) is 0 Å². The van der Waals surface area contributed by atoms with Crippen LogP contribution < -0.4 is 5.32 Å². The lowest BCUT2D eigenvalue weighted by molar-refractivity contribution is -0.155. The molecule has 2 aliphatic heterocycles. The molecule has 3 unspecified atom stereocenters. The molecule has 4 nitrogen and oxygen atoms in total. The summed E-state index contributed by atoms with van der Waals surface area (Å²) in [5.74, 6) is -2.47. The zero-order chi connectivity index (χ0) is 27.2. The van der Waals surface area contributed by atoms with Crippen LogP contribution in [0.15, 0.2) is 30.3 Å². The second kappa shape index (κ2) is 10.4. The van der Waals surface area contributed by atoms with E-state index in [9.17, 15) is 22.0 Å². The molecule has 2 aromatic carbocycles. The van der Waals surface area contributed by atoms with Crippen LogP contribution in [-0.4, -0.2) is 65.9 Å². The fourth-order valence-electron chi connectivity index (χ4n) is 5.90. The van der Waals surface area contributed by atoms with Crippen LogP contribution in [0.2, 0.25) is 0 Å². The maximum Gasteiger partial charge on any atom is 0.401 e. The first-order valence-electron chi connectivity index (χ1n) is 12.7. The molecule has 11 heteroatoms. The number of hydrogen-bond donors (Lipinski definition) is 2. The highest BCUT2D eigenvalue weighted by molar-refractivity contribution is 5.85. The van der Waals surface area contributed by atoms with E-state index in [1.165, 1.54) is 18.2 Å². The van der Waals surface area contributed by atoms with E-state index in [-0.39, 0.29) is 23.8 Å². The summed E-state index contributed by atoms with van der Waals surface area (Å²) in [6, 6.07) is 4.05. The molecule has 206 valence electrons. The zero-order valence-electron chi connectivity index (χ0n) is 20.8. The summed E-state index contributed by atoms with van der Waals surface area (Å²) in [6.07, 6.45) is -3.27. The van der Waals surface area contributed by atoms with Crippen LogP contribution in [0.5, 0.6) is 0 Å². The van der Waals surface area contributed by atoms with Crippen LogP contribution in [0, 0.1) is 17.5 Å². The number of aromatic nitrogens is 1.